The molecular weight excluding hydrogens is 394 g/mol. The van der Waals surface area contributed by atoms with Crippen LogP contribution >= 0.6 is 0 Å². The van der Waals surface area contributed by atoms with Gasteiger partial charge in [-0.3, -0.25) is 0 Å². The molecule has 0 bridgehead atoms. The molecule has 2 fully saturated rings. The third-order valence-corrected chi connectivity index (χ3v) is 6.36. The van der Waals surface area contributed by atoms with E-state index in [1.165, 1.54) is 54.4 Å². The van der Waals surface area contributed by atoms with E-state index in [4.69, 9.17) is 0 Å². The van der Waals surface area contributed by atoms with Crippen molar-refractivity contribution in [2.45, 2.75) is 80.1 Å². The van der Waals surface area contributed by atoms with E-state index in [0.717, 1.165) is 37.8 Å². The Morgan fingerprint density at radius 2 is 1.78 bits per heavy atom. The molecule has 1 aliphatic heterocycles. The highest BCUT2D eigenvalue weighted by Gasteiger charge is 2.46. The molecule has 2 heterocycles. The Kier molecular flexibility index (Phi) is 12.9. The summed E-state index contributed by atoms with van der Waals surface area (Å²) in [5, 5.41) is 1.40. The molecule has 32 heavy (non-hydrogen) atoms. The van der Waals surface area contributed by atoms with Crippen LogP contribution in [0.15, 0.2) is 24.4 Å². The molecule has 1 spiro atoms. The molecule has 0 unspecified atom stereocenters. The van der Waals surface area contributed by atoms with Crippen LogP contribution in [0.25, 0.3) is 10.9 Å². The fourth-order valence-electron chi connectivity index (χ4n) is 4.60. The first kappa shape index (κ1) is 28.4. The first-order valence-corrected chi connectivity index (χ1v) is 12.8. The molecule has 2 aromatic rings. The van der Waals surface area contributed by atoms with Crippen molar-refractivity contribution in [3.8, 4) is 0 Å². The van der Waals surface area contributed by atoms with Gasteiger partial charge in [-0.15, -0.1) is 0 Å². The lowest BCUT2D eigenvalue weighted by Crippen LogP contribution is -2.59. The number of carbonyl (C=O) groups is 1. The van der Waals surface area contributed by atoms with E-state index < -0.39 is 0 Å². The molecule has 4 rings (SSSR count). The van der Waals surface area contributed by atoms with Gasteiger partial charge >= 0.3 is 0 Å². The summed E-state index contributed by atoms with van der Waals surface area (Å²) in [5.74, 6) is 0.332. The Morgan fingerprint density at radius 1 is 1.12 bits per heavy atom. The molecule has 1 saturated heterocycles. The van der Waals surface area contributed by atoms with Crippen LogP contribution in [0.1, 0.15) is 77.8 Å². The minimum Gasteiger partial charge on any atom is -0.361 e. The highest BCUT2D eigenvalue weighted by atomic mass is 16.1. The third kappa shape index (κ3) is 8.37. The number of rotatable bonds is 7. The first-order valence-electron chi connectivity index (χ1n) is 12.8. The predicted octanol–water partition coefficient (Wildman–Crippen LogP) is 6.47. The smallest absolute Gasteiger partial charge is 0.129 e. The van der Waals surface area contributed by atoms with Gasteiger partial charge in [-0.2, -0.15) is 0 Å². The molecule has 2 aliphatic rings. The monoisotopic (exact) mass is 443 g/mol. The van der Waals surface area contributed by atoms with Gasteiger partial charge in [0.25, 0.3) is 0 Å². The highest BCUT2D eigenvalue weighted by molar-refractivity contribution is 5.86. The number of carbonyl (C=O) groups excluding carboxylic acids is 1. The second kappa shape index (κ2) is 14.5. The van der Waals surface area contributed by atoms with Crippen molar-refractivity contribution < 1.29 is 4.79 Å². The number of aromatic amines is 1. The number of fused-ring (bicyclic) bond motifs is 1. The molecule has 1 N–H and O–H groups in total. The van der Waals surface area contributed by atoms with Gasteiger partial charge in [0.15, 0.2) is 0 Å². The van der Waals surface area contributed by atoms with Crippen LogP contribution in [-0.4, -0.2) is 60.8 Å². The van der Waals surface area contributed by atoms with Gasteiger partial charge in [0.05, 0.1) is 0 Å². The SMILES string of the molecule is CC.CC.CC(=O)CCCN1CC2(CCC2)C1.Cc1cccc2[nH]cc(CCN(C)C)c12. The highest BCUT2D eigenvalue weighted by Crippen LogP contribution is 2.47. The summed E-state index contributed by atoms with van der Waals surface area (Å²) in [7, 11) is 4.23. The fraction of sp³-hybridized carbons (Fsp3) is 0.679. The van der Waals surface area contributed by atoms with Crippen LogP contribution in [0.3, 0.4) is 0 Å². The summed E-state index contributed by atoms with van der Waals surface area (Å²) < 4.78 is 0. The second-order valence-corrected chi connectivity index (χ2v) is 9.23. The topological polar surface area (TPSA) is 39.3 Å². The molecule has 1 saturated carbocycles. The van der Waals surface area contributed by atoms with Crippen LogP contribution in [0.2, 0.25) is 0 Å². The van der Waals surface area contributed by atoms with Crippen molar-refractivity contribution in [1.82, 2.24) is 14.8 Å². The third-order valence-electron chi connectivity index (χ3n) is 6.36. The minimum absolute atomic E-state index is 0.332. The summed E-state index contributed by atoms with van der Waals surface area (Å²) >= 11 is 0. The number of H-pyrrole nitrogens is 1. The number of hydrogen-bond donors (Lipinski definition) is 1. The van der Waals surface area contributed by atoms with Crippen molar-refractivity contribution >= 4 is 16.7 Å². The molecule has 1 aliphatic carbocycles. The number of aromatic nitrogens is 1. The van der Waals surface area contributed by atoms with E-state index in [0.29, 0.717) is 5.78 Å². The first-order chi connectivity index (χ1) is 15.4. The normalized spacial score (nSPS) is 16.0. The summed E-state index contributed by atoms with van der Waals surface area (Å²) in [6, 6.07) is 6.42. The number of nitrogens with one attached hydrogen (secondary N) is 1. The molecule has 1 aromatic carbocycles. The van der Waals surface area contributed by atoms with Gasteiger partial charge in [0.1, 0.15) is 5.78 Å². The zero-order chi connectivity index (χ0) is 24.1. The number of ketones is 1. The van der Waals surface area contributed by atoms with Crippen molar-refractivity contribution in [1.29, 1.82) is 0 Å². The Bertz CT molecular complexity index is 781. The van der Waals surface area contributed by atoms with Gasteiger partial charge in [-0.05, 0) is 82.8 Å². The Morgan fingerprint density at radius 3 is 2.31 bits per heavy atom. The lowest BCUT2D eigenvalue weighted by molar-refractivity contribution is -0.117. The van der Waals surface area contributed by atoms with Crippen LogP contribution < -0.4 is 0 Å². The van der Waals surface area contributed by atoms with Gasteiger partial charge in [0.2, 0.25) is 0 Å². The summed E-state index contributed by atoms with van der Waals surface area (Å²) in [4.78, 5) is 18.8. The van der Waals surface area contributed by atoms with Crippen molar-refractivity contribution in [3.63, 3.8) is 0 Å². The zero-order valence-electron chi connectivity index (χ0n) is 22.2. The number of likely N-dealkylation sites (tertiary alicyclic amines) is 1. The Labute approximate surface area is 197 Å². The van der Waals surface area contributed by atoms with Crippen molar-refractivity contribution in [2.24, 2.45) is 5.41 Å². The molecule has 4 heteroatoms. The molecule has 182 valence electrons. The maximum Gasteiger partial charge on any atom is 0.129 e. The van der Waals surface area contributed by atoms with Gasteiger partial charge in [0, 0.05) is 43.2 Å². The number of aryl methyl sites for hydroxylation is 1. The summed E-state index contributed by atoms with van der Waals surface area (Å²) in [6.07, 6.45) is 9.43. The molecular formula is C28H49N3O. The molecule has 0 radical (unpaired) electrons. The van der Waals surface area contributed by atoms with Crippen LogP contribution in [0.5, 0.6) is 0 Å². The van der Waals surface area contributed by atoms with E-state index in [9.17, 15) is 4.79 Å². The summed E-state index contributed by atoms with van der Waals surface area (Å²) in [5.41, 5.74) is 4.79. The summed E-state index contributed by atoms with van der Waals surface area (Å²) in [6.45, 7) is 16.7. The predicted molar refractivity (Wildman–Crippen MR) is 141 cm³/mol. The van der Waals surface area contributed by atoms with Crippen molar-refractivity contribution in [2.75, 3.05) is 40.3 Å². The lowest BCUT2D eigenvalue weighted by atomic mass is 9.63. The van der Waals surface area contributed by atoms with Gasteiger partial charge in [-0.1, -0.05) is 46.2 Å². The maximum absolute atomic E-state index is 10.7. The van der Waals surface area contributed by atoms with E-state index >= 15 is 0 Å². The van der Waals surface area contributed by atoms with Gasteiger partial charge in [-0.25, -0.2) is 0 Å². The molecule has 4 nitrogen and oxygen atoms in total. The Balaban J connectivity index is 0.000000279. The molecule has 1 aromatic heterocycles. The lowest BCUT2D eigenvalue weighted by Gasteiger charge is -2.56. The number of hydrogen-bond acceptors (Lipinski definition) is 3. The molecule has 0 atom stereocenters. The van der Waals surface area contributed by atoms with Crippen LogP contribution in [0, 0.1) is 12.3 Å². The van der Waals surface area contributed by atoms with Crippen molar-refractivity contribution in [3.05, 3.63) is 35.5 Å². The molecule has 0 amide bonds. The number of Topliss-reactive ketones (excluding diaryl/α,β-unsaturated/α-hetero) is 1. The second-order valence-electron chi connectivity index (χ2n) is 9.23. The minimum atomic E-state index is 0.332. The van der Waals surface area contributed by atoms with Crippen LogP contribution in [0.4, 0.5) is 0 Å². The zero-order valence-corrected chi connectivity index (χ0v) is 22.2. The van der Waals surface area contributed by atoms with E-state index in [2.05, 4.69) is 60.2 Å². The average molecular weight is 444 g/mol. The fourth-order valence-corrected chi connectivity index (χ4v) is 4.60. The largest absolute Gasteiger partial charge is 0.361 e. The van der Waals surface area contributed by atoms with E-state index in [1.807, 2.05) is 27.7 Å². The van der Waals surface area contributed by atoms with Gasteiger partial charge < -0.3 is 19.6 Å². The van der Waals surface area contributed by atoms with E-state index in [1.54, 1.807) is 6.92 Å². The standard InChI is InChI=1S/C13H18N2.C11H19NO.2C2H6/c1-10-5-4-6-12-13(10)11(9-14-12)7-8-15(2)3;1-10(13)4-2-7-12-8-11(9-12)5-3-6-11;2*1-2/h4-6,9,14H,7-8H2,1-3H3;2-9H2,1H3;2*1-2H3. The maximum atomic E-state index is 10.7. The Hall–Kier alpha value is -1.65. The quantitative estimate of drug-likeness (QED) is 0.533. The van der Waals surface area contributed by atoms with Crippen LogP contribution in [-0.2, 0) is 11.2 Å². The average Bonchev–Trinajstić information content (AvgIpc) is 3.14. The van der Waals surface area contributed by atoms with E-state index in [-0.39, 0.29) is 0 Å². The number of nitrogens with zero attached hydrogens (tertiary/aromatic N) is 2. The number of likely N-dealkylation sites (N-methyl/N-ethyl adjacent to an activating group) is 1. The number of benzene rings is 1.